The first kappa shape index (κ1) is 21.0. The summed E-state index contributed by atoms with van der Waals surface area (Å²) in [5.41, 5.74) is 2.03. The highest BCUT2D eigenvalue weighted by atomic mass is 35.5. The fourth-order valence-corrected chi connectivity index (χ4v) is 4.47. The van der Waals surface area contributed by atoms with E-state index in [4.69, 9.17) is 27.9 Å². The first-order chi connectivity index (χ1) is 14.7. The predicted octanol–water partition coefficient (Wildman–Crippen LogP) is 6.72. The molecule has 0 amide bonds. The van der Waals surface area contributed by atoms with Crippen LogP contribution in [0.2, 0.25) is 10.0 Å². The molecule has 4 rings (SSSR count). The van der Waals surface area contributed by atoms with Gasteiger partial charge in [-0.3, -0.25) is 4.98 Å². The molecule has 6 heteroatoms. The molecule has 1 atom stereocenters. The van der Waals surface area contributed by atoms with Gasteiger partial charge >= 0.3 is 0 Å². The van der Waals surface area contributed by atoms with Crippen molar-refractivity contribution in [3.8, 4) is 0 Å². The predicted molar refractivity (Wildman–Crippen MR) is 122 cm³/mol. The van der Waals surface area contributed by atoms with Crippen LogP contribution in [0.25, 0.3) is 0 Å². The van der Waals surface area contributed by atoms with Crippen LogP contribution in [-0.2, 0) is 17.9 Å². The molecule has 0 aliphatic carbocycles. The van der Waals surface area contributed by atoms with Crippen molar-refractivity contribution in [2.75, 3.05) is 0 Å². The molecule has 4 aromatic rings. The summed E-state index contributed by atoms with van der Waals surface area (Å²) < 4.78 is 8.33. The van der Waals surface area contributed by atoms with E-state index >= 15 is 0 Å². The Kier molecular flexibility index (Phi) is 7.13. The quantitative estimate of drug-likeness (QED) is 0.298. The second-order valence-corrected chi connectivity index (χ2v) is 8.82. The van der Waals surface area contributed by atoms with E-state index < -0.39 is 0 Å². The number of hydrogen-bond donors (Lipinski definition) is 1. The fourth-order valence-electron chi connectivity index (χ4n) is 3.10. The van der Waals surface area contributed by atoms with E-state index in [0.717, 1.165) is 11.1 Å². The first-order valence-electron chi connectivity index (χ1n) is 9.57. The van der Waals surface area contributed by atoms with Crippen molar-refractivity contribution >= 4 is 35.0 Å². The molecule has 0 saturated heterocycles. The minimum absolute atomic E-state index is 0.200. The molecule has 1 unspecified atom stereocenters. The van der Waals surface area contributed by atoms with E-state index in [1.807, 2.05) is 41.5 Å². The standard InChI is InChI=1S/C24H20Cl2N2OS/c25-19-8-11-22(23(26)14-19)24(15-28-13-12-27-17-28)29-16-18-6-9-21(10-7-18)30-20-4-2-1-3-5-20/h1-14,17,24H,15-16H2/p+1. The van der Waals surface area contributed by atoms with Crippen molar-refractivity contribution in [2.45, 2.75) is 29.0 Å². The molecule has 0 aliphatic rings. The fraction of sp³-hybridized carbons (Fsp3) is 0.125. The van der Waals surface area contributed by atoms with Gasteiger partial charge in [0.05, 0.1) is 6.61 Å². The third-order valence-corrected chi connectivity index (χ3v) is 6.22. The number of hydrogen-bond acceptors (Lipinski definition) is 2. The lowest BCUT2D eigenvalue weighted by atomic mass is 10.1. The Hall–Kier alpha value is -2.24. The molecule has 0 saturated carbocycles. The Morgan fingerprint density at radius 3 is 2.40 bits per heavy atom. The molecular weight excluding hydrogens is 435 g/mol. The summed E-state index contributed by atoms with van der Waals surface area (Å²) in [6.45, 7) is 1.14. The number of ether oxygens (including phenoxy) is 1. The average Bonchev–Trinajstić information content (AvgIpc) is 3.26. The van der Waals surface area contributed by atoms with Crippen molar-refractivity contribution in [3.63, 3.8) is 0 Å². The summed E-state index contributed by atoms with van der Waals surface area (Å²) >= 11 is 14.3. The van der Waals surface area contributed by atoms with Gasteiger partial charge in [0.2, 0.25) is 6.33 Å². The average molecular weight is 456 g/mol. The highest BCUT2D eigenvalue weighted by Crippen LogP contribution is 2.30. The van der Waals surface area contributed by atoms with Gasteiger partial charge in [-0.25, -0.2) is 4.57 Å². The summed E-state index contributed by atoms with van der Waals surface area (Å²) in [6.07, 6.45) is 5.55. The van der Waals surface area contributed by atoms with Crippen LogP contribution in [0.5, 0.6) is 0 Å². The highest BCUT2D eigenvalue weighted by Gasteiger charge is 2.19. The molecule has 0 spiro atoms. The number of rotatable bonds is 8. The summed E-state index contributed by atoms with van der Waals surface area (Å²) in [5.74, 6) is 0. The Labute approximate surface area is 190 Å². The summed E-state index contributed by atoms with van der Waals surface area (Å²) in [4.78, 5) is 5.48. The van der Waals surface area contributed by atoms with Crippen LogP contribution in [0.15, 0.2) is 101 Å². The zero-order valence-electron chi connectivity index (χ0n) is 16.2. The van der Waals surface area contributed by atoms with Gasteiger partial charge in [0.15, 0.2) is 0 Å². The lowest BCUT2D eigenvalue weighted by Gasteiger charge is -2.18. The molecule has 3 aromatic carbocycles. The second kappa shape index (κ2) is 10.2. The van der Waals surface area contributed by atoms with E-state index in [9.17, 15) is 0 Å². The summed E-state index contributed by atoms with van der Waals surface area (Å²) in [6, 6.07) is 24.4. The minimum Gasteiger partial charge on any atom is -0.365 e. The zero-order valence-corrected chi connectivity index (χ0v) is 18.5. The number of nitrogens with zero attached hydrogens (tertiary/aromatic N) is 1. The van der Waals surface area contributed by atoms with Crippen LogP contribution in [0.1, 0.15) is 17.2 Å². The van der Waals surface area contributed by atoms with Gasteiger partial charge < -0.3 is 4.74 Å². The number of benzene rings is 3. The van der Waals surface area contributed by atoms with E-state index in [1.54, 1.807) is 17.8 Å². The van der Waals surface area contributed by atoms with Gasteiger partial charge in [0.1, 0.15) is 25.0 Å². The van der Waals surface area contributed by atoms with E-state index in [-0.39, 0.29) is 6.10 Å². The molecule has 152 valence electrons. The molecule has 0 radical (unpaired) electrons. The first-order valence-corrected chi connectivity index (χ1v) is 11.1. The van der Waals surface area contributed by atoms with Crippen molar-refractivity contribution in [2.24, 2.45) is 0 Å². The number of imidazole rings is 1. The maximum atomic E-state index is 6.46. The normalized spacial score (nSPS) is 12.1. The lowest BCUT2D eigenvalue weighted by molar-refractivity contribution is -0.704. The van der Waals surface area contributed by atoms with E-state index in [2.05, 4.69) is 53.5 Å². The number of halogens is 2. The molecule has 1 aromatic heterocycles. The van der Waals surface area contributed by atoms with Crippen LogP contribution in [0.4, 0.5) is 0 Å². The number of aromatic nitrogens is 2. The molecule has 30 heavy (non-hydrogen) atoms. The van der Waals surface area contributed by atoms with Gasteiger partial charge in [-0.2, -0.15) is 0 Å². The Morgan fingerprint density at radius 2 is 1.70 bits per heavy atom. The van der Waals surface area contributed by atoms with Crippen LogP contribution >= 0.6 is 35.0 Å². The van der Waals surface area contributed by atoms with Gasteiger partial charge in [-0.05, 0) is 42.0 Å². The number of nitrogens with one attached hydrogen (secondary N) is 1. The largest absolute Gasteiger partial charge is 0.365 e. The van der Waals surface area contributed by atoms with Crippen LogP contribution < -0.4 is 4.57 Å². The molecule has 0 bridgehead atoms. The molecule has 3 nitrogen and oxygen atoms in total. The van der Waals surface area contributed by atoms with Crippen molar-refractivity contribution < 1.29 is 9.30 Å². The van der Waals surface area contributed by atoms with E-state index in [1.165, 1.54) is 9.79 Å². The molecular formula is C24H21Cl2N2OS+. The van der Waals surface area contributed by atoms with Crippen molar-refractivity contribution in [1.82, 2.24) is 4.98 Å². The molecule has 1 N–H and O–H groups in total. The van der Waals surface area contributed by atoms with Crippen molar-refractivity contribution in [1.29, 1.82) is 0 Å². The Bertz CT molecular complexity index is 1070. The van der Waals surface area contributed by atoms with Gasteiger partial charge in [0, 0.05) is 25.4 Å². The SMILES string of the molecule is Clc1ccc(C(C[n+]2cc[nH]c2)OCc2ccc(Sc3ccccc3)cc2)c(Cl)c1. The van der Waals surface area contributed by atoms with Crippen LogP contribution in [-0.4, -0.2) is 4.98 Å². The molecule has 1 heterocycles. The second-order valence-electron chi connectivity index (χ2n) is 6.83. The summed E-state index contributed by atoms with van der Waals surface area (Å²) in [7, 11) is 0. The maximum Gasteiger partial charge on any atom is 0.241 e. The Morgan fingerprint density at radius 1 is 0.933 bits per heavy atom. The Balaban J connectivity index is 1.45. The van der Waals surface area contributed by atoms with Crippen LogP contribution in [0, 0.1) is 0 Å². The highest BCUT2D eigenvalue weighted by molar-refractivity contribution is 7.99. The number of aromatic amines is 1. The van der Waals surface area contributed by atoms with Crippen LogP contribution in [0.3, 0.4) is 0 Å². The number of H-pyrrole nitrogens is 1. The van der Waals surface area contributed by atoms with Gasteiger partial charge in [-0.15, -0.1) is 0 Å². The third-order valence-electron chi connectivity index (χ3n) is 4.64. The monoisotopic (exact) mass is 455 g/mol. The van der Waals surface area contributed by atoms with E-state index in [0.29, 0.717) is 23.2 Å². The molecule has 0 fully saturated rings. The smallest absolute Gasteiger partial charge is 0.241 e. The molecule has 0 aliphatic heterocycles. The third kappa shape index (κ3) is 5.67. The van der Waals surface area contributed by atoms with Crippen molar-refractivity contribution in [3.05, 3.63) is 113 Å². The van der Waals surface area contributed by atoms with Gasteiger partial charge in [-0.1, -0.05) is 71.4 Å². The minimum atomic E-state index is -0.200. The zero-order chi connectivity index (χ0) is 20.8. The summed E-state index contributed by atoms with van der Waals surface area (Å²) in [5, 5.41) is 1.22. The van der Waals surface area contributed by atoms with Gasteiger partial charge in [0.25, 0.3) is 0 Å². The maximum absolute atomic E-state index is 6.46. The lowest BCUT2D eigenvalue weighted by Crippen LogP contribution is -2.35. The topological polar surface area (TPSA) is 28.9 Å².